The second-order valence-corrected chi connectivity index (χ2v) is 7.82. The van der Waals surface area contributed by atoms with Crippen molar-refractivity contribution in [2.24, 2.45) is 0 Å². The van der Waals surface area contributed by atoms with Gasteiger partial charge in [-0.15, -0.1) is 0 Å². The van der Waals surface area contributed by atoms with Crippen molar-refractivity contribution < 1.29 is 18.4 Å². The van der Waals surface area contributed by atoms with E-state index in [1.807, 2.05) is 5.01 Å². The molecule has 4 unspecified atom stereocenters. The Bertz CT molecular complexity index is 701. The van der Waals surface area contributed by atoms with Gasteiger partial charge in [-0.05, 0) is 37.1 Å². The van der Waals surface area contributed by atoms with E-state index in [1.54, 1.807) is 6.07 Å². The van der Waals surface area contributed by atoms with E-state index in [0.717, 1.165) is 19.0 Å². The first-order valence-electron chi connectivity index (χ1n) is 9.96. The maximum absolute atomic E-state index is 13.3. The number of carbonyl (C=O) groups is 1. The molecule has 0 bridgehead atoms. The fourth-order valence-electron chi connectivity index (χ4n) is 4.11. The highest BCUT2D eigenvalue weighted by Gasteiger charge is 2.37. The fourth-order valence-corrected chi connectivity index (χ4v) is 4.11. The molecule has 3 aliphatic rings. The monoisotopic (exact) mass is 395 g/mol. The van der Waals surface area contributed by atoms with Crippen LogP contribution in [0.1, 0.15) is 31.2 Å². The smallest absolute Gasteiger partial charge is 0.239 e. The van der Waals surface area contributed by atoms with E-state index in [2.05, 4.69) is 21.5 Å². The maximum Gasteiger partial charge on any atom is 0.239 e. The summed E-state index contributed by atoms with van der Waals surface area (Å²) in [6, 6.07) is 3.79. The Labute approximate surface area is 163 Å². The summed E-state index contributed by atoms with van der Waals surface area (Å²) in [4.78, 5) is 18.2. The Morgan fingerprint density at radius 1 is 1.29 bits per heavy atom. The van der Waals surface area contributed by atoms with Gasteiger partial charge in [-0.3, -0.25) is 15.1 Å². The van der Waals surface area contributed by atoms with Crippen LogP contribution in [0.3, 0.4) is 0 Å². The number of hydroxylamine groups is 1. The molecule has 4 atom stereocenters. The Morgan fingerprint density at radius 3 is 2.96 bits per heavy atom. The van der Waals surface area contributed by atoms with Gasteiger partial charge in [0.2, 0.25) is 5.91 Å². The lowest BCUT2D eigenvalue weighted by Crippen LogP contribution is -2.47. The molecule has 0 aromatic heterocycles. The topological polar surface area (TPSA) is 77.7 Å². The minimum atomic E-state index is -0.851. The number of hydrogen-bond donors (Lipinski definition) is 4. The lowest BCUT2D eigenvalue weighted by molar-refractivity contribution is -0.124. The summed E-state index contributed by atoms with van der Waals surface area (Å²) in [5, 5.41) is 8.40. The zero-order chi connectivity index (χ0) is 19.5. The number of nitrogens with zero attached hydrogens (tertiary/aromatic N) is 1. The minimum Gasteiger partial charge on any atom is -0.349 e. The average molecular weight is 395 g/mol. The van der Waals surface area contributed by atoms with Gasteiger partial charge in [0.25, 0.3) is 0 Å². The summed E-state index contributed by atoms with van der Waals surface area (Å²) in [7, 11) is 0. The van der Waals surface area contributed by atoms with E-state index in [-0.39, 0.29) is 24.1 Å². The average Bonchev–Trinajstić information content (AvgIpc) is 3.35. The van der Waals surface area contributed by atoms with Crippen molar-refractivity contribution >= 4 is 5.91 Å². The van der Waals surface area contributed by atoms with Crippen LogP contribution in [0, 0.1) is 11.6 Å². The van der Waals surface area contributed by atoms with Crippen LogP contribution in [-0.4, -0.2) is 54.8 Å². The summed E-state index contributed by atoms with van der Waals surface area (Å²) in [5.41, 5.74) is 6.74. The first-order valence-corrected chi connectivity index (χ1v) is 9.96. The van der Waals surface area contributed by atoms with E-state index >= 15 is 0 Å². The molecule has 9 heteroatoms. The van der Waals surface area contributed by atoms with Crippen LogP contribution >= 0.6 is 0 Å². The summed E-state index contributed by atoms with van der Waals surface area (Å²) >= 11 is 0. The molecule has 4 N–H and O–H groups in total. The van der Waals surface area contributed by atoms with Crippen LogP contribution in [0.4, 0.5) is 8.78 Å². The Hall–Kier alpha value is -1.65. The molecule has 4 rings (SSSR count). The zero-order valence-electron chi connectivity index (χ0n) is 15.7. The second-order valence-electron chi connectivity index (χ2n) is 7.82. The summed E-state index contributed by atoms with van der Waals surface area (Å²) < 4.78 is 26.4. The molecule has 0 saturated carbocycles. The van der Waals surface area contributed by atoms with Crippen molar-refractivity contribution in [1.29, 1.82) is 0 Å². The highest BCUT2D eigenvalue weighted by molar-refractivity contribution is 5.82. The van der Waals surface area contributed by atoms with Crippen molar-refractivity contribution in [3.63, 3.8) is 0 Å². The molecule has 28 heavy (non-hydrogen) atoms. The van der Waals surface area contributed by atoms with Crippen LogP contribution in [0.15, 0.2) is 18.2 Å². The van der Waals surface area contributed by atoms with E-state index in [0.29, 0.717) is 37.7 Å². The number of halogens is 2. The number of piperidine rings is 1. The van der Waals surface area contributed by atoms with Crippen molar-refractivity contribution in [2.75, 3.05) is 19.6 Å². The van der Waals surface area contributed by atoms with Gasteiger partial charge in [0.1, 0.15) is 6.04 Å². The van der Waals surface area contributed by atoms with Crippen molar-refractivity contribution in [3.8, 4) is 0 Å². The van der Waals surface area contributed by atoms with Crippen LogP contribution in [0.25, 0.3) is 0 Å². The first kappa shape index (κ1) is 19.7. The molecule has 3 heterocycles. The van der Waals surface area contributed by atoms with Gasteiger partial charge in [-0.25, -0.2) is 13.8 Å². The highest BCUT2D eigenvalue weighted by Crippen LogP contribution is 2.20. The number of nitrogens with one attached hydrogen (secondary N) is 4. The molecule has 0 radical (unpaired) electrons. The van der Waals surface area contributed by atoms with Gasteiger partial charge >= 0.3 is 0 Å². The third-order valence-electron chi connectivity index (χ3n) is 5.65. The van der Waals surface area contributed by atoms with Gasteiger partial charge in [-0.1, -0.05) is 12.5 Å². The highest BCUT2D eigenvalue weighted by atomic mass is 19.2. The molecule has 0 spiro atoms. The Morgan fingerprint density at radius 2 is 2.18 bits per heavy atom. The summed E-state index contributed by atoms with van der Waals surface area (Å²) in [6.07, 6.45) is 4.13. The molecule has 3 fully saturated rings. The number of amides is 1. The largest absolute Gasteiger partial charge is 0.349 e. The van der Waals surface area contributed by atoms with Crippen molar-refractivity contribution in [3.05, 3.63) is 35.4 Å². The lowest BCUT2D eigenvalue weighted by atomic mass is 9.96. The SMILES string of the molecule is O=C(NC1CNN(Cc2ccc(F)c(F)c2)C1)C1CC(C2CCCCN2)ON1. The predicted molar refractivity (Wildman–Crippen MR) is 98.8 cm³/mol. The number of carbonyl (C=O) groups excluding carboxylic acids is 1. The molecule has 154 valence electrons. The molecular formula is C19H27F2N5O2. The van der Waals surface area contributed by atoms with Gasteiger partial charge in [-0.2, -0.15) is 5.48 Å². The quantitative estimate of drug-likeness (QED) is 0.584. The van der Waals surface area contributed by atoms with E-state index in [9.17, 15) is 13.6 Å². The Kier molecular flexibility index (Phi) is 6.17. The van der Waals surface area contributed by atoms with E-state index in [4.69, 9.17) is 4.84 Å². The second kappa shape index (κ2) is 8.79. The zero-order valence-corrected chi connectivity index (χ0v) is 15.7. The third-order valence-corrected chi connectivity index (χ3v) is 5.65. The number of hydrogen-bond acceptors (Lipinski definition) is 6. The third kappa shape index (κ3) is 4.66. The Balaban J connectivity index is 1.22. The van der Waals surface area contributed by atoms with E-state index in [1.165, 1.54) is 18.9 Å². The number of rotatable bonds is 5. The van der Waals surface area contributed by atoms with Crippen LogP contribution < -0.4 is 21.5 Å². The van der Waals surface area contributed by atoms with E-state index < -0.39 is 11.6 Å². The fraction of sp³-hybridized carbons (Fsp3) is 0.632. The number of benzene rings is 1. The number of hydrazine groups is 1. The van der Waals surface area contributed by atoms with Gasteiger partial charge < -0.3 is 10.6 Å². The summed E-state index contributed by atoms with van der Waals surface area (Å²) in [6.45, 7) is 2.62. The molecule has 0 aliphatic carbocycles. The molecule has 3 saturated heterocycles. The van der Waals surface area contributed by atoms with Crippen molar-refractivity contribution in [1.82, 2.24) is 26.5 Å². The van der Waals surface area contributed by atoms with Gasteiger partial charge in [0.15, 0.2) is 11.6 Å². The standard InChI is InChI=1S/C19H27F2N5O2/c20-14-5-4-12(7-15(14)21)10-26-11-13(9-23-26)24-19(27)17-8-18(28-25-17)16-3-1-2-6-22-16/h4-5,7,13,16-18,22-23,25H,1-3,6,8-11H2,(H,24,27). The predicted octanol–water partition coefficient (Wildman–Crippen LogP) is 0.574. The molecule has 7 nitrogen and oxygen atoms in total. The first-order chi connectivity index (χ1) is 13.6. The lowest BCUT2D eigenvalue weighted by Gasteiger charge is -2.27. The van der Waals surface area contributed by atoms with Gasteiger partial charge in [0.05, 0.1) is 12.1 Å². The maximum atomic E-state index is 13.3. The summed E-state index contributed by atoms with van der Waals surface area (Å²) in [5.74, 6) is -1.77. The molecule has 1 amide bonds. The molecular weight excluding hydrogens is 368 g/mol. The van der Waals surface area contributed by atoms with Crippen molar-refractivity contribution in [2.45, 2.75) is 56.5 Å². The molecule has 1 aromatic carbocycles. The van der Waals surface area contributed by atoms with Crippen LogP contribution in [0.2, 0.25) is 0 Å². The van der Waals surface area contributed by atoms with Crippen LogP contribution in [0.5, 0.6) is 0 Å². The molecule has 3 aliphatic heterocycles. The van der Waals surface area contributed by atoms with Gasteiger partial charge in [0, 0.05) is 32.1 Å². The normalized spacial score (nSPS) is 31.2. The minimum absolute atomic E-state index is 0.0163. The van der Waals surface area contributed by atoms with Crippen LogP contribution in [-0.2, 0) is 16.2 Å². The molecule has 1 aromatic rings.